The van der Waals surface area contributed by atoms with Crippen molar-refractivity contribution in [3.05, 3.63) is 35.7 Å². The first-order valence-corrected chi connectivity index (χ1v) is 5.89. The Balaban J connectivity index is 2.00. The van der Waals surface area contributed by atoms with E-state index in [-0.39, 0.29) is 25.0 Å². The van der Waals surface area contributed by atoms with Gasteiger partial charge in [-0.3, -0.25) is 9.55 Å². The van der Waals surface area contributed by atoms with Crippen LogP contribution >= 0.6 is 0 Å². The van der Waals surface area contributed by atoms with Crippen LogP contribution in [0.3, 0.4) is 0 Å². The molecule has 0 amide bonds. The summed E-state index contributed by atoms with van der Waals surface area (Å²) in [6.45, 7) is 2.28. The molecule has 0 fully saturated rings. The number of aliphatic hydroxyl groups is 1. The van der Waals surface area contributed by atoms with E-state index in [1.54, 1.807) is 12.3 Å². The number of ether oxygens (including phenoxy) is 1. The zero-order valence-corrected chi connectivity index (χ0v) is 10.6. The third-order valence-electron chi connectivity index (χ3n) is 2.92. The maximum absolute atomic E-state index is 9.47. The molecule has 0 aliphatic carbocycles. The van der Waals surface area contributed by atoms with Crippen molar-refractivity contribution in [2.75, 3.05) is 6.61 Å². The summed E-state index contributed by atoms with van der Waals surface area (Å²) in [5, 5.41) is 28.0. The standard InChI is InChI=1S/C13H16N2O4/c1-9-10(8-16)14-5-4-11(9)19-7-6-15-12(17)2-3-13(15)18/h2-5,16-18H,6-8H2,1H3. The van der Waals surface area contributed by atoms with E-state index in [1.165, 1.54) is 16.7 Å². The molecule has 6 nitrogen and oxygen atoms in total. The quantitative estimate of drug-likeness (QED) is 0.754. The number of hydrogen-bond acceptors (Lipinski definition) is 5. The van der Waals surface area contributed by atoms with Crippen LogP contribution in [0.2, 0.25) is 0 Å². The molecule has 0 bridgehead atoms. The van der Waals surface area contributed by atoms with Crippen molar-refractivity contribution in [3.63, 3.8) is 0 Å². The summed E-state index contributed by atoms with van der Waals surface area (Å²) in [6, 6.07) is 4.54. The van der Waals surface area contributed by atoms with Crippen molar-refractivity contribution in [1.29, 1.82) is 0 Å². The van der Waals surface area contributed by atoms with Gasteiger partial charge in [-0.2, -0.15) is 0 Å². The van der Waals surface area contributed by atoms with E-state index in [4.69, 9.17) is 9.84 Å². The van der Waals surface area contributed by atoms with Crippen LogP contribution in [-0.4, -0.2) is 31.5 Å². The minimum Gasteiger partial charge on any atom is -0.494 e. The van der Waals surface area contributed by atoms with E-state index >= 15 is 0 Å². The normalized spacial score (nSPS) is 10.6. The molecular formula is C13H16N2O4. The van der Waals surface area contributed by atoms with Gasteiger partial charge >= 0.3 is 0 Å². The van der Waals surface area contributed by atoms with Gasteiger partial charge in [-0.15, -0.1) is 0 Å². The fourth-order valence-electron chi connectivity index (χ4n) is 1.80. The van der Waals surface area contributed by atoms with E-state index in [1.807, 2.05) is 6.92 Å². The number of hydrogen-bond donors (Lipinski definition) is 3. The second-order valence-electron chi connectivity index (χ2n) is 4.09. The topological polar surface area (TPSA) is 87.7 Å². The van der Waals surface area contributed by atoms with Gasteiger partial charge in [0.15, 0.2) is 11.8 Å². The average Bonchev–Trinajstić information content (AvgIpc) is 2.72. The van der Waals surface area contributed by atoms with Crippen molar-refractivity contribution in [2.24, 2.45) is 0 Å². The van der Waals surface area contributed by atoms with Crippen molar-refractivity contribution < 1.29 is 20.1 Å². The van der Waals surface area contributed by atoms with Crippen LogP contribution in [0.25, 0.3) is 0 Å². The van der Waals surface area contributed by atoms with Crippen molar-refractivity contribution >= 4 is 0 Å². The molecule has 0 saturated heterocycles. The van der Waals surface area contributed by atoms with Crippen LogP contribution in [0.5, 0.6) is 17.5 Å². The molecule has 6 heteroatoms. The highest BCUT2D eigenvalue weighted by Crippen LogP contribution is 2.22. The molecule has 0 spiro atoms. The lowest BCUT2D eigenvalue weighted by atomic mass is 10.2. The van der Waals surface area contributed by atoms with Gasteiger partial charge in [0.2, 0.25) is 0 Å². The van der Waals surface area contributed by atoms with Gasteiger partial charge in [0.25, 0.3) is 0 Å². The zero-order valence-electron chi connectivity index (χ0n) is 10.6. The molecule has 0 unspecified atom stereocenters. The number of aromatic nitrogens is 2. The Hall–Kier alpha value is -2.21. The Kier molecular flexibility index (Phi) is 3.91. The van der Waals surface area contributed by atoms with E-state index in [0.29, 0.717) is 18.0 Å². The Labute approximate surface area is 110 Å². The van der Waals surface area contributed by atoms with Gasteiger partial charge in [-0.25, -0.2) is 0 Å². The van der Waals surface area contributed by atoms with Crippen molar-refractivity contribution in [3.8, 4) is 17.5 Å². The number of nitrogens with zero attached hydrogens (tertiary/aromatic N) is 2. The minimum absolute atomic E-state index is 0.0106. The molecule has 0 atom stereocenters. The maximum atomic E-state index is 9.47. The molecule has 19 heavy (non-hydrogen) atoms. The molecule has 2 heterocycles. The summed E-state index contributed by atoms with van der Waals surface area (Å²) in [7, 11) is 0. The van der Waals surface area contributed by atoms with E-state index in [0.717, 1.165) is 5.56 Å². The summed E-state index contributed by atoms with van der Waals surface area (Å²) in [4.78, 5) is 4.03. The summed E-state index contributed by atoms with van der Waals surface area (Å²) >= 11 is 0. The van der Waals surface area contributed by atoms with Crippen LogP contribution in [0.4, 0.5) is 0 Å². The molecule has 0 aliphatic rings. The first kappa shape index (κ1) is 13.2. The summed E-state index contributed by atoms with van der Waals surface area (Å²) in [6.07, 6.45) is 1.57. The lowest BCUT2D eigenvalue weighted by Gasteiger charge is -2.12. The first-order valence-electron chi connectivity index (χ1n) is 5.89. The number of aliphatic hydroxyl groups excluding tert-OH is 1. The second-order valence-corrected chi connectivity index (χ2v) is 4.09. The Morgan fingerprint density at radius 2 is 1.89 bits per heavy atom. The molecule has 0 radical (unpaired) electrons. The Bertz CT molecular complexity index is 546. The summed E-state index contributed by atoms with van der Waals surface area (Å²) in [5.74, 6) is 0.609. The highest BCUT2D eigenvalue weighted by Gasteiger charge is 2.08. The van der Waals surface area contributed by atoms with Gasteiger partial charge in [0.1, 0.15) is 12.4 Å². The zero-order chi connectivity index (χ0) is 13.8. The smallest absolute Gasteiger partial charge is 0.193 e. The van der Waals surface area contributed by atoms with E-state index in [2.05, 4.69) is 4.98 Å². The third kappa shape index (κ3) is 2.79. The predicted octanol–water partition coefficient (Wildman–Crippen LogP) is 1.17. The van der Waals surface area contributed by atoms with Gasteiger partial charge < -0.3 is 20.1 Å². The second kappa shape index (κ2) is 5.62. The fourth-order valence-corrected chi connectivity index (χ4v) is 1.80. The van der Waals surface area contributed by atoms with Gasteiger partial charge in [-0.05, 0) is 13.0 Å². The van der Waals surface area contributed by atoms with Crippen LogP contribution in [0.15, 0.2) is 24.4 Å². The fraction of sp³-hybridized carbons (Fsp3) is 0.308. The Morgan fingerprint density at radius 1 is 1.21 bits per heavy atom. The number of rotatable bonds is 5. The molecule has 0 aliphatic heterocycles. The van der Waals surface area contributed by atoms with Gasteiger partial charge in [-0.1, -0.05) is 0 Å². The molecule has 0 aromatic carbocycles. The van der Waals surface area contributed by atoms with E-state index in [9.17, 15) is 10.2 Å². The predicted molar refractivity (Wildman–Crippen MR) is 68.2 cm³/mol. The van der Waals surface area contributed by atoms with Crippen LogP contribution in [-0.2, 0) is 13.2 Å². The minimum atomic E-state index is -0.137. The SMILES string of the molecule is Cc1c(OCCn2c(O)ccc2O)ccnc1CO. The highest BCUT2D eigenvalue weighted by molar-refractivity contribution is 5.34. The van der Waals surface area contributed by atoms with Crippen LogP contribution < -0.4 is 4.74 Å². The largest absolute Gasteiger partial charge is 0.494 e. The highest BCUT2D eigenvalue weighted by atomic mass is 16.5. The van der Waals surface area contributed by atoms with Crippen molar-refractivity contribution in [1.82, 2.24) is 9.55 Å². The van der Waals surface area contributed by atoms with Gasteiger partial charge in [0, 0.05) is 23.9 Å². The third-order valence-corrected chi connectivity index (χ3v) is 2.92. The number of pyridine rings is 1. The van der Waals surface area contributed by atoms with Crippen LogP contribution in [0, 0.1) is 6.92 Å². The lowest BCUT2D eigenvalue weighted by Crippen LogP contribution is -2.09. The Morgan fingerprint density at radius 3 is 2.53 bits per heavy atom. The maximum Gasteiger partial charge on any atom is 0.193 e. The molecule has 102 valence electrons. The molecule has 3 N–H and O–H groups in total. The van der Waals surface area contributed by atoms with Gasteiger partial charge in [0.05, 0.1) is 18.8 Å². The summed E-state index contributed by atoms with van der Waals surface area (Å²) in [5.41, 5.74) is 1.36. The molecular weight excluding hydrogens is 248 g/mol. The molecule has 0 saturated carbocycles. The first-order chi connectivity index (χ1) is 9.13. The molecule has 2 aromatic heterocycles. The number of aromatic hydroxyl groups is 2. The lowest BCUT2D eigenvalue weighted by molar-refractivity contribution is 0.264. The molecule has 2 rings (SSSR count). The molecule has 2 aromatic rings. The van der Waals surface area contributed by atoms with Crippen LogP contribution in [0.1, 0.15) is 11.3 Å². The average molecular weight is 264 g/mol. The van der Waals surface area contributed by atoms with E-state index < -0.39 is 0 Å². The summed E-state index contributed by atoms with van der Waals surface area (Å²) < 4.78 is 6.91. The van der Waals surface area contributed by atoms with Crippen molar-refractivity contribution in [2.45, 2.75) is 20.1 Å². The monoisotopic (exact) mass is 264 g/mol.